The average Bonchev–Trinajstić information content (AvgIpc) is 2.29. The molecule has 0 aliphatic rings. The molecule has 0 nitrogen and oxygen atoms in total. The topological polar surface area (TPSA) is 0 Å². The molecule has 0 unspecified atom stereocenters. The normalized spacial score (nSPS) is 9.25. The Bertz CT molecular complexity index is 366. The third kappa shape index (κ3) is 4.93. The predicted octanol–water partition coefficient (Wildman–Crippen LogP) is 2.56. The Kier molecular flexibility index (Phi) is 8.19. The fourth-order valence-corrected chi connectivity index (χ4v) is 1.32. The van der Waals surface area contributed by atoms with Crippen LogP contribution >= 0.6 is 0 Å². The van der Waals surface area contributed by atoms with Gasteiger partial charge in [0.15, 0.2) is 0 Å². The van der Waals surface area contributed by atoms with Gasteiger partial charge in [0, 0.05) is 0 Å². The van der Waals surface area contributed by atoms with Gasteiger partial charge in [-0.15, -0.1) is 0 Å². The van der Waals surface area contributed by atoms with Crippen molar-refractivity contribution in [1.29, 1.82) is 0 Å². The van der Waals surface area contributed by atoms with Gasteiger partial charge >= 0.3 is 37.7 Å². The van der Waals surface area contributed by atoms with Crippen molar-refractivity contribution in [2.45, 2.75) is 0 Å². The van der Waals surface area contributed by atoms with Crippen LogP contribution in [0.1, 0.15) is 11.1 Å². The van der Waals surface area contributed by atoms with Crippen LogP contribution in [-0.4, -0.2) is 37.7 Å². The van der Waals surface area contributed by atoms with Gasteiger partial charge in [0.05, 0.1) is 0 Å². The first kappa shape index (κ1) is 15.4. The summed E-state index contributed by atoms with van der Waals surface area (Å²) in [5.74, 6) is 0. The van der Waals surface area contributed by atoms with Gasteiger partial charge in [-0.2, -0.15) is 0 Å². The zero-order valence-corrected chi connectivity index (χ0v) is 7.93. The van der Waals surface area contributed by atoms with Gasteiger partial charge in [-0.25, -0.2) is 0 Å². The van der Waals surface area contributed by atoms with Crippen LogP contribution in [0.4, 0.5) is 0 Å². The van der Waals surface area contributed by atoms with Crippen molar-refractivity contribution in [3.8, 4) is 0 Å². The molecule has 0 radical (unpaired) electrons. The Morgan fingerprint density at radius 1 is 0.500 bits per heavy atom. The van der Waals surface area contributed by atoms with Gasteiger partial charge in [-0.3, -0.25) is 0 Å². The summed E-state index contributed by atoms with van der Waals surface area (Å²) < 4.78 is 0. The van der Waals surface area contributed by atoms with E-state index in [9.17, 15) is 0 Å². The molecule has 72 valence electrons. The van der Waals surface area contributed by atoms with Gasteiger partial charge in [0.2, 0.25) is 0 Å². The van der Waals surface area contributed by atoms with E-state index in [2.05, 4.69) is 36.4 Å². The summed E-state index contributed by atoms with van der Waals surface area (Å²) in [6.07, 6.45) is 4.24. The van der Waals surface area contributed by atoms with Crippen LogP contribution < -0.4 is 0 Å². The van der Waals surface area contributed by atoms with E-state index in [-0.39, 0.29) is 37.7 Å². The molecule has 2 heteroatoms. The second-order valence-corrected chi connectivity index (χ2v) is 3.15. The Labute approximate surface area is 121 Å². The Morgan fingerprint density at radius 3 is 1.12 bits per heavy atom. The quantitative estimate of drug-likeness (QED) is 0.511. The van der Waals surface area contributed by atoms with Crippen LogP contribution in [0, 0.1) is 0 Å². The van der Waals surface area contributed by atoms with Gasteiger partial charge in [-0.1, -0.05) is 72.8 Å². The van der Waals surface area contributed by atoms with Gasteiger partial charge in [-0.05, 0) is 11.1 Å². The molecular formula is C14H14Li2. The second kappa shape index (κ2) is 8.52. The summed E-state index contributed by atoms with van der Waals surface area (Å²) in [4.78, 5) is 0. The summed E-state index contributed by atoms with van der Waals surface area (Å²) in [5.41, 5.74) is 2.47. The molecule has 2 rings (SSSR count). The monoisotopic (exact) mass is 196 g/mol. The molecule has 0 atom stereocenters. The van der Waals surface area contributed by atoms with Crippen LogP contribution in [0.15, 0.2) is 60.7 Å². The first-order valence-electron chi connectivity index (χ1n) is 4.73. The van der Waals surface area contributed by atoms with Crippen LogP contribution in [0.2, 0.25) is 0 Å². The van der Waals surface area contributed by atoms with Gasteiger partial charge < -0.3 is 0 Å². The minimum absolute atomic E-state index is 0. The molecule has 0 aliphatic carbocycles. The molecule has 0 aromatic heterocycles. The van der Waals surface area contributed by atoms with Crippen molar-refractivity contribution in [3.05, 3.63) is 71.8 Å². The van der Waals surface area contributed by atoms with Gasteiger partial charge in [0.25, 0.3) is 0 Å². The standard InChI is InChI=1S/C14H12.2Li.2H/c1-3-7-13(8-4-1)11-12-14-9-5-2-6-10-14;;;;/h1-12H;;;;. The van der Waals surface area contributed by atoms with E-state index in [4.69, 9.17) is 0 Å². The Balaban J connectivity index is 0.00000112. The summed E-state index contributed by atoms with van der Waals surface area (Å²) in [6, 6.07) is 20.6. The first-order valence-corrected chi connectivity index (χ1v) is 4.73. The Hall–Kier alpha value is -0.625. The summed E-state index contributed by atoms with van der Waals surface area (Å²) >= 11 is 0. The van der Waals surface area contributed by atoms with E-state index in [0.717, 1.165) is 0 Å². The first-order chi connectivity index (χ1) is 6.95. The maximum absolute atomic E-state index is 2.12. The average molecular weight is 196 g/mol. The van der Waals surface area contributed by atoms with E-state index in [1.54, 1.807) is 0 Å². The summed E-state index contributed by atoms with van der Waals surface area (Å²) in [7, 11) is 0. The Morgan fingerprint density at radius 2 is 0.812 bits per heavy atom. The van der Waals surface area contributed by atoms with Gasteiger partial charge in [0.1, 0.15) is 0 Å². The van der Waals surface area contributed by atoms with E-state index in [1.807, 2.05) is 36.4 Å². The molecule has 2 aromatic carbocycles. The van der Waals surface area contributed by atoms with Crippen molar-refractivity contribution in [2.75, 3.05) is 0 Å². The SMILES string of the molecule is C(=Cc1ccccc1)c1ccccc1.[LiH].[LiH]. The van der Waals surface area contributed by atoms with Crippen molar-refractivity contribution >= 4 is 49.9 Å². The molecule has 0 spiro atoms. The van der Waals surface area contributed by atoms with E-state index < -0.39 is 0 Å². The molecule has 0 N–H and O–H groups in total. The predicted molar refractivity (Wildman–Crippen MR) is 76.1 cm³/mol. The molecule has 16 heavy (non-hydrogen) atoms. The third-order valence-corrected chi connectivity index (χ3v) is 2.07. The molecule has 0 amide bonds. The van der Waals surface area contributed by atoms with Crippen molar-refractivity contribution in [3.63, 3.8) is 0 Å². The van der Waals surface area contributed by atoms with E-state index >= 15 is 0 Å². The maximum atomic E-state index is 2.12. The molecule has 0 bridgehead atoms. The number of rotatable bonds is 2. The van der Waals surface area contributed by atoms with Crippen LogP contribution in [-0.2, 0) is 0 Å². The zero-order chi connectivity index (χ0) is 9.64. The molecule has 0 fully saturated rings. The second-order valence-electron chi connectivity index (χ2n) is 3.15. The van der Waals surface area contributed by atoms with Crippen molar-refractivity contribution in [1.82, 2.24) is 0 Å². The molecule has 2 aromatic rings. The van der Waals surface area contributed by atoms with E-state index in [0.29, 0.717) is 0 Å². The van der Waals surface area contributed by atoms with Crippen LogP contribution in [0.3, 0.4) is 0 Å². The number of hydrogen-bond donors (Lipinski definition) is 0. The summed E-state index contributed by atoms with van der Waals surface area (Å²) in [5, 5.41) is 0. The molecule has 0 saturated heterocycles. The zero-order valence-electron chi connectivity index (χ0n) is 7.93. The number of hydrogen-bond acceptors (Lipinski definition) is 0. The van der Waals surface area contributed by atoms with Crippen molar-refractivity contribution in [2.24, 2.45) is 0 Å². The fourth-order valence-electron chi connectivity index (χ4n) is 1.32. The molecule has 0 heterocycles. The summed E-state index contributed by atoms with van der Waals surface area (Å²) in [6.45, 7) is 0. The minimum atomic E-state index is 0. The fraction of sp³-hybridized carbons (Fsp3) is 0. The molecule has 0 saturated carbocycles. The third-order valence-electron chi connectivity index (χ3n) is 2.07. The molecule has 0 aliphatic heterocycles. The number of benzene rings is 2. The van der Waals surface area contributed by atoms with E-state index in [1.165, 1.54) is 11.1 Å². The van der Waals surface area contributed by atoms with Crippen molar-refractivity contribution < 1.29 is 0 Å². The van der Waals surface area contributed by atoms with Crippen LogP contribution in [0.5, 0.6) is 0 Å². The van der Waals surface area contributed by atoms with Crippen LogP contribution in [0.25, 0.3) is 12.2 Å². The molecular weight excluding hydrogens is 182 g/mol.